The molecular formula is C20H20N2O2. The molecule has 1 fully saturated rings. The van der Waals surface area contributed by atoms with Gasteiger partial charge in [0.15, 0.2) is 0 Å². The van der Waals surface area contributed by atoms with Crippen LogP contribution in [0.15, 0.2) is 40.9 Å². The molecule has 2 aliphatic heterocycles. The van der Waals surface area contributed by atoms with Gasteiger partial charge in [0.1, 0.15) is 11.3 Å². The van der Waals surface area contributed by atoms with Crippen molar-refractivity contribution in [3.05, 3.63) is 47.7 Å². The number of hydrogen-bond donors (Lipinski definition) is 1. The van der Waals surface area contributed by atoms with Crippen molar-refractivity contribution in [1.82, 2.24) is 10.3 Å². The van der Waals surface area contributed by atoms with Crippen molar-refractivity contribution in [2.75, 3.05) is 13.2 Å². The first kappa shape index (κ1) is 14.1. The molecule has 1 saturated heterocycles. The molecule has 3 aromatic rings. The number of hydrogen-bond acceptors (Lipinski definition) is 4. The first-order chi connectivity index (χ1) is 11.9. The predicted octanol–water partition coefficient (Wildman–Crippen LogP) is 4.24. The lowest BCUT2D eigenvalue weighted by atomic mass is 9.92. The van der Waals surface area contributed by atoms with Crippen LogP contribution >= 0.6 is 0 Å². The first-order valence-electron chi connectivity index (χ1n) is 8.77. The Kier molecular flexibility index (Phi) is 3.30. The van der Waals surface area contributed by atoms with Crippen LogP contribution in [-0.2, 0) is 6.42 Å². The van der Waals surface area contributed by atoms with Gasteiger partial charge >= 0.3 is 0 Å². The summed E-state index contributed by atoms with van der Waals surface area (Å²) in [6.45, 7) is 1.82. The fraction of sp³-hybridized carbons (Fsp3) is 0.350. The van der Waals surface area contributed by atoms with E-state index in [4.69, 9.17) is 9.15 Å². The molecule has 0 unspecified atom stereocenters. The molecule has 0 spiro atoms. The van der Waals surface area contributed by atoms with E-state index in [0.29, 0.717) is 6.04 Å². The van der Waals surface area contributed by atoms with Crippen LogP contribution in [0.5, 0.6) is 5.88 Å². The molecule has 122 valence electrons. The van der Waals surface area contributed by atoms with Crippen LogP contribution in [0.1, 0.15) is 36.4 Å². The quantitative estimate of drug-likeness (QED) is 0.767. The number of furan rings is 1. The molecule has 0 saturated carbocycles. The summed E-state index contributed by atoms with van der Waals surface area (Å²) < 4.78 is 12.0. The van der Waals surface area contributed by atoms with Crippen molar-refractivity contribution in [3.8, 4) is 17.2 Å². The van der Waals surface area contributed by atoms with Crippen molar-refractivity contribution < 1.29 is 9.15 Å². The fourth-order valence-electron chi connectivity index (χ4n) is 3.94. The minimum Gasteiger partial charge on any atom is -0.477 e. The smallest absolute Gasteiger partial charge is 0.217 e. The first-order valence-corrected chi connectivity index (χ1v) is 8.77. The van der Waals surface area contributed by atoms with Gasteiger partial charge in [0, 0.05) is 28.8 Å². The third-order valence-corrected chi connectivity index (χ3v) is 5.09. The van der Waals surface area contributed by atoms with Gasteiger partial charge in [-0.2, -0.15) is 0 Å². The molecule has 1 aromatic carbocycles. The van der Waals surface area contributed by atoms with Crippen molar-refractivity contribution in [3.63, 3.8) is 0 Å². The molecule has 2 aromatic heterocycles. The maximum absolute atomic E-state index is 6.21. The summed E-state index contributed by atoms with van der Waals surface area (Å²) in [5.41, 5.74) is 4.57. The van der Waals surface area contributed by atoms with E-state index in [0.717, 1.165) is 55.0 Å². The van der Waals surface area contributed by atoms with Gasteiger partial charge in [-0.25, -0.2) is 4.98 Å². The number of ether oxygens (including phenoxy) is 1. The van der Waals surface area contributed by atoms with Crippen LogP contribution in [0.25, 0.3) is 22.3 Å². The number of pyridine rings is 1. The molecule has 0 amide bonds. The molecule has 4 heterocycles. The van der Waals surface area contributed by atoms with Crippen LogP contribution in [0, 0.1) is 0 Å². The van der Waals surface area contributed by atoms with E-state index in [1.54, 1.807) is 0 Å². The van der Waals surface area contributed by atoms with Gasteiger partial charge in [-0.15, -0.1) is 0 Å². The maximum Gasteiger partial charge on any atom is 0.217 e. The van der Waals surface area contributed by atoms with E-state index in [-0.39, 0.29) is 0 Å². The van der Waals surface area contributed by atoms with E-state index in [2.05, 4.69) is 22.4 Å². The standard InChI is InChI=1S/C20H20N2O2/c1-2-8-17-13(5-1)11-18(24-17)19-14-6-4-10-23-20(14)22-12-15(19)16-7-3-9-21-16/h1-2,5,8,11-12,16,21H,3-4,6-7,9-10H2/t16-/m0/s1. The highest BCUT2D eigenvalue weighted by molar-refractivity contribution is 5.84. The molecule has 24 heavy (non-hydrogen) atoms. The summed E-state index contributed by atoms with van der Waals surface area (Å²) in [6.07, 6.45) is 6.36. The highest BCUT2D eigenvalue weighted by atomic mass is 16.5. The Morgan fingerprint density at radius 3 is 3.00 bits per heavy atom. The average molecular weight is 320 g/mol. The van der Waals surface area contributed by atoms with Gasteiger partial charge in [-0.3, -0.25) is 0 Å². The van der Waals surface area contributed by atoms with E-state index in [1.807, 2.05) is 24.4 Å². The Morgan fingerprint density at radius 2 is 2.12 bits per heavy atom. The monoisotopic (exact) mass is 320 g/mol. The van der Waals surface area contributed by atoms with Gasteiger partial charge < -0.3 is 14.5 Å². The van der Waals surface area contributed by atoms with Gasteiger partial charge in [-0.05, 0) is 49.9 Å². The summed E-state index contributed by atoms with van der Waals surface area (Å²) in [5, 5.41) is 4.74. The molecule has 1 atom stereocenters. The van der Waals surface area contributed by atoms with Gasteiger partial charge in [0.25, 0.3) is 0 Å². The SMILES string of the molecule is c1ccc2oc(-c3c([C@@H]4CCCN4)cnc4c3CCCO4)cc2c1. The van der Waals surface area contributed by atoms with Crippen LogP contribution in [-0.4, -0.2) is 18.1 Å². The summed E-state index contributed by atoms with van der Waals surface area (Å²) in [6, 6.07) is 10.7. The Labute approximate surface area is 140 Å². The molecule has 0 bridgehead atoms. The van der Waals surface area contributed by atoms with Gasteiger partial charge in [-0.1, -0.05) is 18.2 Å². The van der Waals surface area contributed by atoms with E-state index < -0.39 is 0 Å². The minimum atomic E-state index is 0.355. The predicted molar refractivity (Wildman–Crippen MR) is 93.2 cm³/mol. The normalized spacial score (nSPS) is 20.1. The lowest BCUT2D eigenvalue weighted by molar-refractivity contribution is 0.276. The zero-order valence-electron chi connectivity index (χ0n) is 13.5. The number of aromatic nitrogens is 1. The average Bonchev–Trinajstić information content (AvgIpc) is 3.30. The fourth-order valence-corrected chi connectivity index (χ4v) is 3.94. The zero-order valence-corrected chi connectivity index (χ0v) is 13.5. The van der Waals surface area contributed by atoms with Crippen molar-refractivity contribution in [2.24, 2.45) is 0 Å². The highest BCUT2D eigenvalue weighted by Crippen LogP contribution is 2.41. The summed E-state index contributed by atoms with van der Waals surface area (Å²) >= 11 is 0. The minimum absolute atomic E-state index is 0.355. The second-order valence-corrected chi connectivity index (χ2v) is 6.62. The molecular weight excluding hydrogens is 300 g/mol. The molecule has 0 radical (unpaired) electrons. The number of fused-ring (bicyclic) bond motifs is 2. The Bertz CT molecular complexity index is 861. The van der Waals surface area contributed by atoms with E-state index >= 15 is 0 Å². The molecule has 1 N–H and O–H groups in total. The number of para-hydroxylation sites is 1. The Balaban J connectivity index is 1.74. The summed E-state index contributed by atoms with van der Waals surface area (Å²) in [4.78, 5) is 4.60. The highest BCUT2D eigenvalue weighted by Gasteiger charge is 2.27. The summed E-state index contributed by atoms with van der Waals surface area (Å²) in [5.74, 6) is 1.71. The van der Waals surface area contributed by atoms with E-state index in [9.17, 15) is 0 Å². The summed E-state index contributed by atoms with van der Waals surface area (Å²) in [7, 11) is 0. The lowest BCUT2D eigenvalue weighted by Gasteiger charge is -2.23. The topological polar surface area (TPSA) is 47.3 Å². The van der Waals surface area contributed by atoms with Crippen molar-refractivity contribution in [2.45, 2.75) is 31.7 Å². The molecule has 4 nitrogen and oxygen atoms in total. The van der Waals surface area contributed by atoms with Crippen LogP contribution < -0.4 is 10.1 Å². The maximum atomic E-state index is 6.21. The Hall–Kier alpha value is -2.33. The molecule has 2 aliphatic rings. The molecule has 4 heteroatoms. The molecule has 5 rings (SSSR count). The van der Waals surface area contributed by atoms with Crippen molar-refractivity contribution >= 4 is 11.0 Å². The number of benzene rings is 1. The number of nitrogens with zero attached hydrogens (tertiary/aromatic N) is 1. The van der Waals surface area contributed by atoms with Crippen LogP contribution in [0.4, 0.5) is 0 Å². The second-order valence-electron chi connectivity index (χ2n) is 6.62. The third-order valence-electron chi connectivity index (χ3n) is 5.09. The Morgan fingerprint density at radius 1 is 1.17 bits per heavy atom. The third kappa shape index (κ3) is 2.21. The van der Waals surface area contributed by atoms with Crippen LogP contribution in [0.3, 0.4) is 0 Å². The van der Waals surface area contributed by atoms with Crippen LogP contribution in [0.2, 0.25) is 0 Å². The largest absolute Gasteiger partial charge is 0.477 e. The molecule has 0 aliphatic carbocycles. The van der Waals surface area contributed by atoms with Gasteiger partial charge in [0.05, 0.1) is 6.61 Å². The lowest BCUT2D eigenvalue weighted by Crippen LogP contribution is -2.17. The number of nitrogens with one attached hydrogen (secondary N) is 1. The number of rotatable bonds is 2. The van der Waals surface area contributed by atoms with Gasteiger partial charge in [0.2, 0.25) is 5.88 Å². The van der Waals surface area contributed by atoms with E-state index in [1.165, 1.54) is 23.1 Å². The zero-order chi connectivity index (χ0) is 15.9. The van der Waals surface area contributed by atoms with Crippen molar-refractivity contribution in [1.29, 1.82) is 0 Å². The second kappa shape index (κ2) is 5.64.